The predicted octanol–water partition coefficient (Wildman–Crippen LogP) is 1.72. The molecule has 0 saturated carbocycles. The molecule has 0 bridgehead atoms. The normalized spacial score (nSPS) is 11.9. The van der Waals surface area contributed by atoms with Crippen molar-refractivity contribution in [3.8, 4) is 0 Å². The summed E-state index contributed by atoms with van der Waals surface area (Å²) in [5.41, 5.74) is 2.17. The van der Waals surface area contributed by atoms with E-state index in [-0.39, 0.29) is 30.7 Å². The van der Waals surface area contributed by atoms with E-state index < -0.39 is 11.8 Å². The predicted molar refractivity (Wildman–Crippen MR) is 114 cm³/mol. The second-order valence-electron chi connectivity index (χ2n) is 7.60. The fourth-order valence-electron chi connectivity index (χ4n) is 3.00. The zero-order valence-corrected chi connectivity index (χ0v) is 18.5. The smallest absolute Gasteiger partial charge is 0.244 e. The van der Waals surface area contributed by atoms with E-state index in [1.807, 2.05) is 13.8 Å². The van der Waals surface area contributed by atoms with Gasteiger partial charge >= 0.3 is 0 Å². The summed E-state index contributed by atoms with van der Waals surface area (Å²) in [5, 5.41) is 24.7. The quantitative estimate of drug-likeness (QED) is 0.206. The number of hydrogen-bond donors (Lipinski definition) is 4. The fourth-order valence-corrected chi connectivity index (χ4v) is 3.54. The molecule has 1 unspecified atom stereocenters. The highest BCUT2D eigenvalue weighted by Gasteiger charge is 2.23. The highest BCUT2D eigenvalue weighted by atomic mass is 32.1. The molecule has 0 spiro atoms. The highest BCUT2D eigenvalue weighted by Crippen LogP contribution is 2.16. The van der Waals surface area contributed by atoms with Crippen molar-refractivity contribution in [3.05, 3.63) is 23.5 Å². The van der Waals surface area contributed by atoms with Gasteiger partial charge in [0.25, 0.3) is 0 Å². The lowest BCUT2D eigenvalue weighted by Crippen LogP contribution is -2.34. The largest absolute Gasteiger partial charge is 0.350 e. The number of carbonyl (C=O) groups excluding carboxylic acids is 3. The van der Waals surface area contributed by atoms with Crippen LogP contribution in [0.25, 0.3) is 0 Å². The second-order valence-corrected chi connectivity index (χ2v) is 8.49. The number of thiazole rings is 1. The third-order valence-corrected chi connectivity index (χ3v) is 5.12. The molecule has 31 heavy (non-hydrogen) atoms. The third-order valence-electron chi connectivity index (χ3n) is 4.43. The van der Waals surface area contributed by atoms with E-state index in [0.717, 1.165) is 6.42 Å². The molecule has 4 N–H and O–H groups in total. The first-order valence-electron chi connectivity index (χ1n) is 10.2. The maximum Gasteiger partial charge on any atom is 0.244 e. The van der Waals surface area contributed by atoms with Gasteiger partial charge in [-0.2, -0.15) is 0 Å². The molecular weight excluding hydrogens is 422 g/mol. The first-order valence-corrected chi connectivity index (χ1v) is 11.0. The number of aromatic nitrogens is 4. The molecule has 170 valence electrons. The number of anilines is 1. The van der Waals surface area contributed by atoms with Crippen LogP contribution in [0.15, 0.2) is 17.8 Å². The number of carbonyl (C=O) groups is 3. The molecule has 2 heterocycles. The first kappa shape index (κ1) is 24.4. The summed E-state index contributed by atoms with van der Waals surface area (Å²) in [7, 11) is 0. The zero-order chi connectivity index (χ0) is 22.6. The fraction of sp³-hybridized carbons (Fsp3) is 0.579. The lowest BCUT2D eigenvalue weighted by atomic mass is 9.93. The number of hydrogen-bond acceptors (Lipinski definition) is 8. The van der Waals surface area contributed by atoms with E-state index in [0.29, 0.717) is 36.6 Å². The van der Waals surface area contributed by atoms with Gasteiger partial charge in [0, 0.05) is 36.9 Å². The summed E-state index contributed by atoms with van der Waals surface area (Å²) in [6.45, 7) is 4.74. The Morgan fingerprint density at radius 2 is 2.03 bits per heavy atom. The maximum atomic E-state index is 12.4. The van der Waals surface area contributed by atoms with E-state index in [9.17, 15) is 14.4 Å². The monoisotopic (exact) mass is 451 g/mol. The van der Waals surface area contributed by atoms with Crippen molar-refractivity contribution in [2.75, 3.05) is 5.32 Å². The Kier molecular flexibility index (Phi) is 10.0. The molecule has 0 aromatic carbocycles. The minimum Gasteiger partial charge on any atom is -0.350 e. The summed E-state index contributed by atoms with van der Waals surface area (Å²) in [5.74, 6) is -1.22. The Morgan fingerprint density at radius 1 is 1.23 bits per heavy atom. The third kappa shape index (κ3) is 9.22. The van der Waals surface area contributed by atoms with Crippen molar-refractivity contribution in [3.63, 3.8) is 0 Å². The van der Waals surface area contributed by atoms with Crippen molar-refractivity contribution in [2.45, 2.75) is 59.0 Å². The number of aryl methyl sites for hydroxylation is 1. The summed E-state index contributed by atoms with van der Waals surface area (Å²) in [6.07, 6.45) is 5.69. The van der Waals surface area contributed by atoms with Gasteiger partial charge in [0.15, 0.2) is 5.13 Å². The van der Waals surface area contributed by atoms with Gasteiger partial charge in [0.2, 0.25) is 17.7 Å². The van der Waals surface area contributed by atoms with Gasteiger partial charge in [-0.15, -0.1) is 16.4 Å². The van der Waals surface area contributed by atoms with Crippen molar-refractivity contribution < 1.29 is 19.6 Å². The van der Waals surface area contributed by atoms with E-state index in [4.69, 9.17) is 5.21 Å². The molecule has 12 heteroatoms. The number of unbranched alkanes of at least 4 members (excludes halogenated alkanes) is 1. The van der Waals surface area contributed by atoms with Crippen LogP contribution in [0.1, 0.15) is 51.6 Å². The van der Waals surface area contributed by atoms with E-state index in [1.165, 1.54) is 11.3 Å². The van der Waals surface area contributed by atoms with Crippen LogP contribution in [-0.4, -0.2) is 42.9 Å². The molecule has 2 aromatic heterocycles. The van der Waals surface area contributed by atoms with Gasteiger partial charge in [-0.05, 0) is 25.2 Å². The van der Waals surface area contributed by atoms with Crippen LogP contribution in [0.5, 0.6) is 0 Å². The number of nitrogens with one attached hydrogen (secondary N) is 3. The molecule has 2 rings (SSSR count). The van der Waals surface area contributed by atoms with E-state index in [2.05, 4.69) is 25.9 Å². The van der Waals surface area contributed by atoms with Gasteiger partial charge in [0.1, 0.15) is 5.69 Å². The van der Waals surface area contributed by atoms with Gasteiger partial charge in [-0.1, -0.05) is 19.1 Å². The Labute approximate surface area is 184 Å². The van der Waals surface area contributed by atoms with Crippen molar-refractivity contribution in [2.24, 2.45) is 11.8 Å². The van der Waals surface area contributed by atoms with E-state index >= 15 is 0 Å². The van der Waals surface area contributed by atoms with Gasteiger partial charge < -0.3 is 10.6 Å². The second kappa shape index (κ2) is 12.7. The van der Waals surface area contributed by atoms with Gasteiger partial charge in [0.05, 0.1) is 12.7 Å². The van der Waals surface area contributed by atoms with Crippen LogP contribution in [0.3, 0.4) is 0 Å². The molecule has 0 fully saturated rings. The Bertz CT molecular complexity index is 838. The average molecular weight is 452 g/mol. The van der Waals surface area contributed by atoms with Crippen molar-refractivity contribution in [1.29, 1.82) is 0 Å². The SMILES string of the molecule is CC(C)CC(CC(=O)NO)C(=O)NCc1cn(CCCCC(=O)Nc2nccs2)nn1. The molecule has 2 aromatic rings. The molecule has 1 atom stereocenters. The van der Waals surface area contributed by atoms with Crippen LogP contribution in [0.2, 0.25) is 0 Å². The molecular formula is C19H29N7O4S. The van der Waals surface area contributed by atoms with Crippen LogP contribution < -0.4 is 16.1 Å². The van der Waals surface area contributed by atoms with Gasteiger partial charge in [-0.3, -0.25) is 24.3 Å². The minimum atomic E-state index is -0.591. The van der Waals surface area contributed by atoms with Crippen LogP contribution in [0, 0.1) is 11.8 Å². The Morgan fingerprint density at radius 3 is 2.71 bits per heavy atom. The van der Waals surface area contributed by atoms with Crippen molar-refractivity contribution >= 4 is 34.2 Å². The topological polar surface area (TPSA) is 151 Å². The standard InChI is InChI=1S/C19H29N7O4S/c1-13(2)9-14(10-17(28)24-30)18(29)21-11-15-12-26(25-23-15)7-4-3-5-16(27)22-19-20-6-8-31-19/h6,8,12-14,30H,3-5,7,9-11H2,1-2H3,(H,21,29)(H,24,28)(H,20,22,27). The molecule has 0 aliphatic rings. The number of nitrogens with zero attached hydrogens (tertiary/aromatic N) is 4. The van der Waals surface area contributed by atoms with Gasteiger partial charge in [-0.25, -0.2) is 10.5 Å². The number of rotatable bonds is 13. The maximum absolute atomic E-state index is 12.4. The molecule has 0 aliphatic heterocycles. The van der Waals surface area contributed by atoms with Crippen LogP contribution in [-0.2, 0) is 27.5 Å². The summed E-state index contributed by atoms with van der Waals surface area (Å²) in [6, 6.07) is 0. The molecule has 11 nitrogen and oxygen atoms in total. The Balaban J connectivity index is 1.70. The lowest BCUT2D eigenvalue weighted by Gasteiger charge is -2.17. The highest BCUT2D eigenvalue weighted by molar-refractivity contribution is 7.13. The number of hydroxylamine groups is 1. The minimum absolute atomic E-state index is 0.0669. The lowest BCUT2D eigenvalue weighted by molar-refractivity contribution is -0.135. The molecule has 0 aliphatic carbocycles. The number of amides is 3. The summed E-state index contributed by atoms with van der Waals surface area (Å²) < 4.78 is 1.67. The molecule has 0 saturated heterocycles. The van der Waals surface area contributed by atoms with E-state index in [1.54, 1.807) is 27.9 Å². The van der Waals surface area contributed by atoms with Crippen LogP contribution in [0.4, 0.5) is 5.13 Å². The molecule has 0 radical (unpaired) electrons. The molecule has 3 amide bonds. The Hall–Kier alpha value is -2.86. The van der Waals surface area contributed by atoms with Crippen molar-refractivity contribution in [1.82, 2.24) is 30.8 Å². The summed E-state index contributed by atoms with van der Waals surface area (Å²) >= 11 is 1.38. The first-order chi connectivity index (χ1) is 14.9. The average Bonchev–Trinajstić information content (AvgIpc) is 3.40. The summed E-state index contributed by atoms with van der Waals surface area (Å²) in [4.78, 5) is 39.7. The zero-order valence-electron chi connectivity index (χ0n) is 17.7. The van der Waals surface area contributed by atoms with Crippen LogP contribution >= 0.6 is 11.3 Å².